The lowest BCUT2D eigenvalue weighted by molar-refractivity contribution is 0.0949. The highest BCUT2D eigenvalue weighted by molar-refractivity contribution is 9.10. The third-order valence-corrected chi connectivity index (χ3v) is 2.47. The van der Waals surface area contributed by atoms with Crippen LogP contribution in [0.15, 0.2) is 28.7 Å². The molecule has 0 aliphatic carbocycles. The van der Waals surface area contributed by atoms with Crippen molar-refractivity contribution in [2.75, 3.05) is 13.7 Å². The summed E-state index contributed by atoms with van der Waals surface area (Å²) in [6, 6.07) is 7.06. The summed E-state index contributed by atoms with van der Waals surface area (Å²) in [4.78, 5) is 11.7. The van der Waals surface area contributed by atoms with Crippen molar-refractivity contribution < 1.29 is 9.53 Å². The number of carbonyl (C=O) groups is 1. The van der Waals surface area contributed by atoms with E-state index in [1.54, 1.807) is 19.2 Å². The van der Waals surface area contributed by atoms with Crippen molar-refractivity contribution >= 4 is 21.7 Å². The highest BCUT2D eigenvalue weighted by Gasteiger charge is 2.11. The van der Waals surface area contributed by atoms with Gasteiger partial charge >= 0.3 is 0 Å². The standard InChI is InChI=1S/C11H14BrNO2/c1-15-7-10(13)6-11(14)8-3-2-4-9(12)5-8/h2-5,10H,6-7,13H2,1H3. The summed E-state index contributed by atoms with van der Waals surface area (Å²) in [5.41, 5.74) is 6.38. The maximum atomic E-state index is 11.7. The van der Waals surface area contributed by atoms with Gasteiger partial charge in [0.2, 0.25) is 0 Å². The Morgan fingerprint density at radius 2 is 2.33 bits per heavy atom. The molecule has 15 heavy (non-hydrogen) atoms. The second kappa shape index (κ2) is 6.00. The van der Waals surface area contributed by atoms with Gasteiger partial charge in [-0.25, -0.2) is 0 Å². The Bertz CT molecular complexity index is 341. The quantitative estimate of drug-likeness (QED) is 0.834. The van der Waals surface area contributed by atoms with Crippen LogP contribution in [0.1, 0.15) is 16.8 Å². The van der Waals surface area contributed by atoms with Gasteiger partial charge in [0.05, 0.1) is 6.61 Å². The molecule has 0 saturated carbocycles. The predicted molar refractivity (Wildman–Crippen MR) is 62.9 cm³/mol. The Hall–Kier alpha value is -0.710. The van der Waals surface area contributed by atoms with E-state index in [-0.39, 0.29) is 11.8 Å². The van der Waals surface area contributed by atoms with Crippen molar-refractivity contribution in [3.8, 4) is 0 Å². The first-order chi connectivity index (χ1) is 7.13. The molecule has 1 unspecified atom stereocenters. The highest BCUT2D eigenvalue weighted by atomic mass is 79.9. The summed E-state index contributed by atoms with van der Waals surface area (Å²) in [7, 11) is 1.57. The van der Waals surface area contributed by atoms with Gasteiger partial charge in [0.1, 0.15) is 0 Å². The molecule has 0 heterocycles. The van der Waals surface area contributed by atoms with Gasteiger partial charge < -0.3 is 10.5 Å². The monoisotopic (exact) mass is 271 g/mol. The third-order valence-electron chi connectivity index (χ3n) is 1.97. The number of ether oxygens (including phenoxy) is 1. The number of nitrogens with two attached hydrogens (primary N) is 1. The lowest BCUT2D eigenvalue weighted by atomic mass is 10.0. The van der Waals surface area contributed by atoms with E-state index in [1.807, 2.05) is 12.1 Å². The van der Waals surface area contributed by atoms with Gasteiger partial charge in [-0.05, 0) is 12.1 Å². The molecular formula is C11H14BrNO2. The number of hydrogen-bond donors (Lipinski definition) is 1. The molecule has 0 aromatic heterocycles. The van der Waals surface area contributed by atoms with E-state index < -0.39 is 0 Å². The molecule has 1 aromatic carbocycles. The molecule has 0 radical (unpaired) electrons. The number of hydrogen-bond acceptors (Lipinski definition) is 3. The van der Waals surface area contributed by atoms with Crippen LogP contribution in [0.2, 0.25) is 0 Å². The lowest BCUT2D eigenvalue weighted by Gasteiger charge is -2.09. The SMILES string of the molecule is COCC(N)CC(=O)c1cccc(Br)c1. The van der Waals surface area contributed by atoms with Crippen molar-refractivity contribution in [3.05, 3.63) is 34.3 Å². The van der Waals surface area contributed by atoms with Gasteiger partial charge in [-0.15, -0.1) is 0 Å². The van der Waals surface area contributed by atoms with Crippen LogP contribution in [-0.4, -0.2) is 25.5 Å². The molecule has 0 saturated heterocycles. The van der Waals surface area contributed by atoms with Crippen LogP contribution in [0.3, 0.4) is 0 Å². The first-order valence-corrected chi connectivity index (χ1v) is 5.46. The third kappa shape index (κ3) is 4.11. The van der Waals surface area contributed by atoms with Crippen molar-refractivity contribution in [1.29, 1.82) is 0 Å². The molecule has 3 nitrogen and oxygen atoms in total. The Kier molecular flexibility index (Phi) is 4.94. The van der Waals surface area contributed by atoms with Gasteiger partial charge in [-0.1, -0.05) is 28.1 Å². The van der Waals surface area contributed by atoms with Crippen LogP contribution in [0.5, 0.6) is 0 Å². The number of halogens is 1. The fourth-order valence-corrected chi connectivity index (χ4v) is 1.69. The van der Waals surface area contributed by atoms with Crippen LogP contribution in [0, 0.1) is 0 Å². The zero-order valence-corrected chi connectivity index (χ0v) is 10.2. The minimum Gasteiger partial charge on any atom is -0.383 e. The van der Waals surface area contributed by atoms with Crippen LogP contribution in [-0.2, 0) is 4.74 Å². The first kappa shape index (κ1) is 12.4. The number of benzene rings is 1. The van der Waals surface area contributed by atoms with Gasteiger partial charge in [-0.3, -0.25) is 4.79 Å². The van der Waals surface area contributed by atoms with Crippen molar-refractivity contribution in [3.63, 3.8) is 0 Å². The Labute approximate surface area is 97.7 Å². The average Bonchev–Trinajstić information content (AvgIpc) is 2.18. The average molecular weight is 272 g/mol. The van der Waals surface area contributed by atoms with E-state index in [2.05, 4.69) is 15.9 Å². The number of Topliss-reactive ketones (excluding diaryl/α,β-unsaturated/α-hetero) is 1. The van der Waals surface area contributed by atoms with Gasteiger partial charge in [-0.2, -0.15) is 0 Å². The molecule has 2 N–H and O–H groups in total. The summed E-state index contributed by atoms with van der Waals surface area (Å²) in [5, 5.41) is 0. The second-order valence-electron chi connectivity index (χ2n) is 3.35. The summed E-state index contributed by atoms with van der Waals surface area (Å²) in [5.74, 6) is 0.0425. The molecule has 0 spiro atoms. The van der Waals surface area contributed by atoms with Crippen LogP contribution >= 0.6 is 15.9 Å². The summed E-state index contributed by atoms with van der Waals surface area (Å²) in [6.07, 6.45) is 0.310. The Balaban J connectivity index is 2.61. The zero-order valence-electron chi connectivity index (χ0n) is 8.57. The minimum absolute atomic E-state index is 0.0425. The number of ketones is 1. The van der Waals surface area contributed by atoms with Crippen LogP contribution in [0.25, 0.3) is 0 Å². The van der Waals surface area contributed by atoms with E-state index >= 15 is 0 Å². The molecule has 0 amide bonds. The smallest absolute Gasteiger partial charge is 0.164 e. The Morgan fingerprint density at radius 1 is 1.60 bits per heavy atom. The molecule has 0 fully saturated rings. The van der Waals surface area contributed by atoms with E-state index in [0.717, 1.165) is 4.47 Å². The maximum Gasteiger partial charge on any atom is 0.164 e. The normalized spacial score (nSPS) is 12.5. The van der Waals surface area contributed by atoms with Crippen molar-refractivity contribution in [2.24, 2.45) is 5.73 Å². The van der Waals surface area contributed by atoms with E-state index in [0.29, 0.717) is 18.6 Å². The largest absolute Gasteiger partial charge is 0.383 e. The van der Waals surface area contributed by atoms with Gasteiger partial charge in [0.25, 0.3) is 0 Å². The van der Waals surface area contributed by atoms with Gasteiger partial charge in [0, 0.05) is 29.6 Å². The fourth-order valence-electron chi connectivity index (χ4n) is 1.29. The molecular weight excluding hydrogens is 258 g/mol. The van der Waals surface area contributed by atoms with Crippen LogP contribution < -0.4 is 5.73 Å². The van der Waals surface area contributed by atoms with E-state index in [4.69, 9.17) is 10.5 Å². The van der Waals surface area contributed by atoms with Crippen molar-refractivity contribution in [1.82, 2.24) is 0 Å². The zero-order chi connectivity index (χ0) is 11.3. The predicted octanol–water partition coefficient (Wildman–Crippen LogP) is 2.00. The Morgan fingerprint density at radius 3 is 2.93 bits per heavy atom. The highest BCUT2D eigenvalue weighted by Crippen LogP contribution is 2.13. The molecule has 1 atom stereocenters. The van der Waals surface area contributed by atoms with Crippen molar-refractivity contribution in [2.45, 2.75) is 12.5 Å². The summed E-state index contributed by atoms with van der Waals surface area (Å²) in [6.45, 7) is 0.403. The van der Waals surface area contributed by atoms with Crippen LogP contribution in [0.4, 0.5) is 0 Å². The lowest BCUT2D eigenvalue weighted by Crippen LogP contribution is -2.28. The first-order valence-electron chi connectivity index (χ1n) is 4.66. The molecule has 1 rings (SSSR count). The molecule has 1 aromatic rings. The molecule has 4 heteroatoms. The van der Waals surface area contributed by atoms with Gasteiger partial charge in [0.15, 0.2) is 5.78 Å². The topological polar surface area (TPSA) is 52.3 Å². The van der Waals surface area contributed by atoms with E-state index in [1.165, 1.54) is 0 Å². The fraction of sp³-hybridized carbons (Fsp3) is 0.364. The molecule has 0 aliphatic heterocycles. The summed E-state index contributed by atoms with van der Waals surface area (Å²) < 4.78 is 5.77. The second-order valence-corrected chi connectivity index (χ2v) is 4.27. The molecule has 82 valence electrons. The number of carbonyl (C=O) groups excluding carboxylic acids is 1. The number of methoxy groups -OCH3 is 1. The van der Waals surface area contributed by atoms with E-state index in [9.17, 15) is 4.79 Å². The molecule has 0 aliphatic rings. The maximum absolute atomic E-state index is 11.7. The summed E-state index contributed by atoms with van der Waals surface area (Å²) >= 11 is 3.32. The molecule has 0 bridgehead atoms. The minimum atomic E-state index is -0.235. The number of rotatable bonds is 5.